The van der Waals surface area contributed by atoms with Gasteiger partial charge >= 0.3 is 5.97 Å². The quantitative estimate of drug-likeness (QED) is 0.584. The fourth-order valence-electron chi connectivity index (χ4n) is 1.15. The molecule has 0 amide bonds. The monoisotopic (exact) mass is 226 g/mol. The predicted molar refractivity (Wildman–Crippen MR) is 56.9 cm³/mol. The molecule has 80 valence electrons. The predicted octanol–water partition coefficient (Wildman–Crippen LogP) is 1.93. The minimum absolute atomic E-state index is 0.0220. The minimum atomic E-state index is -0.841. The fraction of sp³-hybridized carbons (Fsp3) is 0.273. The standard InChI is InChI=1S/C11H11ClO3/c1-7-3-4-8(9(12)5-7)6-10(13)11(14)15-2/h3-5H,6H2,1-2H3. The molecule has 0 aliphatic heterocycles. The third kappa shape index (κ3) is 3.06. The molecule has 0 saturated heterocycles. The molecule has 0 unspecified atom stereocenters. The van der Waals surface area contributed by atoms with E-state index >= 15 is 0 Å². The molecule has 4 heteroatoms. The van der Waals surface area contributed by atoms with E-state index in [4.69, 9.17) is 11.6 Å². The molecular weight excluding hydrogens is 216 g/mol. The number of ketones is 1. The van der Waals surface area contributed by atoms with Gasteiger partial charge in [0.2, 0.25) is 5.78 Å². The molecule has 0 bridgehead atoms. The van der Waals surface area contributed by atoms with Gasteiger partial charge in [0.05, 0.1) is 7.11 Å². The maximum Gasteiger partial charge on any atom is 0.374 e. The summed E-state index contributed by atoms with van der Waals surface area (Å²) in [6, 6.07) is 5.33. The molecule has 15 heavy (non-hydrogen) atoms. The number of carbonyl (C=O) groups is 2. The van der Waals surface area contributed by atoms with E-state index in [0.717, 1.165) is 5.56 Å². The van der Waals surface area contributed by atoms with E-state index in [1.165, 1.54) is 7.11 Å². The van der Waals surface area contributed by atoms with Crippen LogP contribution in [0.15, 0.2) is 18.2 Å². The Balaban J connectivity index is 2.81. The summed E-state index contributed by atoms with van der Waals surface area (Å²) in [6.07, 6.45) is -0.0220. The lowest BCUT2D eigenvalue weighted by Crippen LogP contribution is -2.17. The number of esters is 1. The van der Waals surface area contributed by atoms with Crippen LogP contribution in [0.5, 0.6) is 0 Å². The molecule has 3 nitrogen and oxygen atoms in total. The topological polar surface area (TPSA) is 43.4 Å². The number of methoxy groups -OCH3 is 1. The lowest BCUT2D eigenvalue weighted by Gasteiger charge is -2.03. The lowest BCUT2D eigenvalue weighted by atomic mass is 10.1. The molecule has 0 N–H and O–H groups in total. The number of hydrogen-bond donors (Lipinski definition) is 0. The molecule has 0 fully saturated rings. The van der Waals surface area contributed by atoms with Crippen molar-refractivity contribution in [3.63, 3.8) is 0 Å². The van der Waals surface area contributed by atoms with Gasteiger partial charge in [-0.25, -0.2) is 4.79 Å². The highest BCUT2D eigenvalue weighted by Crippen LogP contribution is 2.18. The van der Waals surface area contributed by atoms with E-state index < -0.39 is 11.8 Å². The summed E-state index contributed by atoms with van der Waals surface area (Å²) in [5.74, 6) is -1.44. The molecule has 1 aromatic rings. The molecule has 1 rings (SSSR count). The first kappa shape index (κ1) is 11.7. The second-order valence-corrected chi connectivity index (χ2v) is 3.59. The van der Waals surface area contributed by atoms with Crippen molar-refractivity contribution in [1.82, 2.24) is 0 Å². The van der Waals surface area contributed by atoms with Crippen LogP contribution in [0.3, 0.4) is 0 Å². The Labute approximate surface area is 93.0 Å². The lowest BCUT2D eigenvalue weighted by molar-refractivity contribution is -0.151. The number of halogens is 1. The van der Waals surface area contributed by atoms with Gasteiger partial charge in [0.25, 0.3) is 0 Å². The van der Waals surface area contributed by atoms with E-state index in [2.05, 4.69) is 4.74 Å². The Hall–Kier alpha value is -1.35. The summed E-state index contributed by atoms with van der Waals surface area (Å²) in [4.78, 5) is 22.1. The Bertz CT molecular complexity index is 399. The number of benzene rings is 1. The molecule has 1 aromatic carbocycles. The van der Waals surface area contributed by atoms with E-state index in [9.17, 15) is 9.59 Å². The van der Waals surface area contributed by atoms with Crippen molar-refractivity contribution in [3.8, 4) is 0 Å². The first-order valence-corrected chi connectivity index (χ1v) is 4.78. The van der Waals surface area contributed by atoms with Crippen molar-refractivity contribution in [3.05, 3.63) is 34.3 Å². The van der Waals surface area contributed by atoms with Crippen LogP contribution in [0.2, 0.25) is 5.02 Å². The maximum absolute atomic E-state index is 11.2. The summed E-state index contributed by atoms with van der Waals surface area (Å²) in [7, 11) is 1.18. The number of aryl methyl sites for hydroxylation is 1. The zero-order chi connectivity index (χ0) is 11.4. The van der Waals surface area contributed by atoms with Crippen molar-refractivity contribution < 1.29 is 14.3 Å². The van der Waals surface area contributed by atoms with E-state index in [0.29, 0.717) is 10.6 Å². The highest BCUT2D eigenvalue weighted by Gasteiger charge is 2.15. The normalized spacial score (nSPS) is 9.80. The van der Waals surface area contributed by atoms with Gasteiger partial charge < -0.3 is 4.74 Å². The van der Waals surface area contributed by atoms with Gasteiger partial charge in [-0.05, 0) is 24.1 Å². The molecule has 0 saturated carbocycles. The highest BCUT2D eigenvalue weighted by atomic mass is 35.5. The highest BCUT2D eigenvalue weighted by molar-refractivity contribution is 6.35. The van der Waals surface area contributed by atoms with Gasteiger partial charge in [-0.2, -0.15) is 0 Å². The van der Waals surface area contributed by atoms with Crippen molar-refractivity contribution >= 4 is 23.4 Å². The van der Waals surface area contributed by atoms with E-state index in [-0.39, 0.29) is 6.42 Å². The van der Waals surface area contributed by atoms with Gasteiger partial charge in [-0.15, -0.1) is 0 Å². The first-order chi connectivity index (χ1) is 7.04. The third-order valence-electron chi connectivity index (χ3n) is 1.97. The Morgan fingerprint density at radius 3 is 2.60 bits per heavy atom. The molecule has 0 atom stereocenters. The van der Waals surface area contributed by atoms with Crippen LogP contribution in [0, 0.1) is 6.92 Å². The smallest absolute Gasteiger partial charge is 0.374 e. The summed E-state index contributed by atoms with van der Waals surface area (Å²) < 4.78 is 4.32. The molecule has 0 spiro atoms. The molecule has 0 radical (unpaired) electrons. The second-order valence-electron chi connectivity index (χ2n) is 3.19. The first-order valence-electron chi connectivity index (χ1n) is 4.40. The third-order valence-corrected chi connectivity index (χ3v) is 2.32. The number of carbonyl (C=O) groups excluding carboxylic acids is 2. The largest absolute Gasteiger partial charge is 0.463 e. The van der Waals surface area contributed by atoms with Gasteiger partial charge in [0, 0.05) is 11.4 Å². The molecule has 0 aliphatic rings. The van der Waals surface area contributed by atoms with Crippen LogP contribution < -0.4 is 0 Å². The van der Waals surface area contributed by atoms with Gasteiger partial charge in [-0.3, -0.25) is 4.79 Å². The Kier molecular flexibility index (Phi) is 3.86. The van der Waals surface area contributed by atoms with Crippen LogP contribution in [-0.2, 0) is 20.7 Å². The molecule has 0 aliphatic carbocycles. The van der Waals surface area contributed by atoms with Crippen LogP contribution in [0.1, 0.15) is 11.1 Å². The zero-order valence-electron chi connectivity index (χ0n) is 8.54. The summed E-state index contributed by atoms with van der Waals surface area (Å²) in [6.45, 7) is 1.90. The summed E-state index contributed by atoms with van der Waals surface area (Å²) in [5, 5.41) is 0.493. The maximum atomic E-state index is 11.2. The zero-order valence-corrected chi connectivity index (χ0v) is 9.30. The number of ether oxygens (including phenoxy) is 1. The average molecular weight is 227 g/mol. The SMILES string of the molecule is COC(=O)C(=O)Cc1ccc(C)cc1Cl. The van der Waals surface area contributed by atoms with E-state index in [1.807, 2.05) is 13.0 Å². The Morgan fingerprint density at radius 1 is 1.40 bits per heavy atom. The van der Waals surface area contributed by atoms with E-state index in [1.54, 1.807) is 12.1 Å². The molecular formula is C11H11ClO3. The Morgan fingerprint density at radius 2 is 2.07 bits per heavy atom. The van der Waals surface area contributed by atoms with Crippen molar-refractivity contribution in [2.45, 2.75) is 13.3 Å². The average Bonchev–Trinajstić information content (AvgIpc) is 2.20. The molecule has 0 heterocycles. The second kappa shape index (κ2) is 4.94. The fourth-order valence-corrected chi connectivity index (χ4v) is 1.46. The van der Waals surface area contributed by atoms with Crippen LogP contribution in [0.25, 0.3) is 0 Å². The summed E-state index contributed by atoms with van der Waals surface area (Å²) >= 11 is 5.92. The van der Waals surface area contributed by atoms with Crippen LogP contribution in [0.4, 0.5) is 0 Å². The van der Waals surface area contributed by atoms with Gasteiger partial charge in [0.1, 0.15) is 0 Å². The van der Waals surface area contributed by atoms with Crippen molar-refractivity contribution in [2.75, 3.05) is 7.11 Å². The minimum Gasteiger partial charge on any atom is -0.463 e. The number of Topliss-reactive ketones (excluding diaryl/α,β-unsaturated/α-hetero) is 1. The van der Waals surface area contributed by atoms with Crippen molar-refractivity contribution in [1.29, 1.82) is 0 Å². The van der Waals surface area contributed by atoms with Crippen LogP contribution in [-0.4, -0.2) is 18.9 Å². The van der Waals surface area contributed by atoms with Gasteiger partial charge in [-0.1, -0.05) is 23.7 Å². The van der Waals surface area contributed by atoms with Crippen molar-refractivity contribution in [2.24, 2.45) is 0 Å². The number of hydrogen-bond acceptors (Lipinski definition) is 3. The van der Waals surface area contributed by atoms with Gasteiger partial charge in [0.15, 0.2) is 0 Å². The number of rotatable bonds is 3. The summed E-state index contributed by atoms with van der Waals surface area (Å²) in [5.41, 5.74) is 1.65. The van der Waals surface area contributed by atoms with Crippen LogP contribution >= 0.6 is 11.6 Å². The molecule has 0 aromatic heterocycles.